The van der Waals surface area contributed by atoms with Crippen LogP contribution in [0.3, 0.4) is 0 Å². The van der Waals surface area contributed by atoms with Gasteiger partial charge in [0.25, 0.3) is 0 Å². The van der Waals surface area contributed by atoms with E-state index in [1.54, 1.807) is 0 Å². The lowest BCUT2D eigenvalue weighted by molar-refractivity contribution is 0.176. The first kappa shape index (κ1) is 9.33. The SMILES string of the molecule is NCCC1(CF)CCSCC1. The van der Waals surface area contributed by atoms with Gasteiger partial charge < -0.3 is 5.73 Å². The average molecular weight is 177 g/mol. The molecule has 1 saturated heterocycles. The number of nitrogens with two attached hydrogens (primary N) is 1. The van der Waals surface area contributed by atoms with E-state index in [1.165, 1.54) is 0 Å². The Kier molecular flexibility index (Phi) is 3.66. The fourth-order valence-corrected chi connectivity index (χ4v) is 2.92. The molecule has 1 aliphatic heterocycles. The van der Waals surface area contributed by atoms with Crippen molar-refractivity contribution in [1.29, 1.82) is 0 Å². The summed E-state index contributed by atoms with van der Waals surface area (Å²) in [6.45, 7) is 0.458. The third-order valence-corrected chi connectivity index (χ3v) is 3.50. The zero-order valence-corrected chi connectivity index (χ0v) is 7.63. The van der Waals surface area contributed by atoms with Gasteiger partial charge in [0.2, 0.25) is 0 Å². The van der Waals surface area contributed by atoms with E-state index in [1.807, 2.05) is 11.8 Å². The monoisotopic (exact) mass is 177 g/mol. The van der Waals surface area contributed by atoms with Crippen LogP contribution in [-0.4, -0.2) is 24.7 Å². The van der Waals surface area contributed by atoms with E-state index < -0.39 is 0 Å². The number of alkyl halides is 1. The summed E-state index contributed by atoms with van der Waals surface area (Å²) < 4.78 is 12.7. The lowest BCUT2D eigenvalue weighted by atomic mass is 9.80. The van der Waals surface area contributed by atoms with Crippen LogP contribution in [-0.2, 0) is 0 Å². The van der Waals surface area contributed by atoms with Crippen molar-refractivity contribution >= 4 is 11.8 Å². The van der Waals surface area contributed by atoms with Crippen molar-refractivity contribution in [2.45, 2.75) is 19.3 Å². The fourth-order valence-electron chi connectivity index (χ4n) is 1.56. The number of thioether (sulfide) groups is 1. The molecule has 3 heteroatoms. The zero-order chi connectivity index (χ0) is 8.16. The smallest absolute Gasteiger partial charge is 0.0951 e. The van der Waals surface area contributed by atoms with Gasteiger partial charge in [-0.15, -0.1) is 0 Å². The van der Waals surface area contributed by atoms with E-state index in [4.69, 9.17) is 5.73 Å². The summed E-state index contributed by atoms with van der Waals surface area (Å²) in [6, 6.07) is 0. The molecule has 11 heavy (non-hydrogen) atoms. The second-order valence-corrected chi connectivity index (χ2v) is 4.51. The first-order chi connectivity index (χ1) is 5.33. The maximum atomic E-state index is 12.7. The molecule has 1 rings (SSSR count). The van der Waals surface area contributed by atoms with E-state index in [-0.39, 0.29) is 12.1 Å². The topological polar surface area (TPSA) is 26.0 Å². The largest absolute Gasteiger partial charge is 0.330 e. The molecular weight excluding hydrogens is 161 g/mol. The minimum atomic E-state index is -0.176. The summed E-state index contributed by atoms with van der Waals surface area (Å²) in [5, 5.41) is 0. The van der Waals surface area contributed by atoms with Crippen molar-refractivity contribution in [3.63, 3.8) is 0 Å². The van der Waals surface area contributed by atoms with E-state index >= 15 is 0 Å². The van der Waals surface area contributed by atoms with Gasteiger partial charge >= 0.3 is 0 Å². The zero-order valence-electron chi connectivity index (χ0n) is 6.81. The third-order valence-electron chi connectivity index (χ3n) is 2.51. The maximum absolute atomic E-state index is 12.7. The lowest BCUT2D eigenvalue weighted by Crippen LogP contribution is -2.31. The molecule has 0 aromatic carbocycles. The third kappa shape index (κ3) is 2.34. The lowest BCUT2D eigenvalue weighted by Gasteiger charge is -2.34. The predicted octanol–water partition coefficient (Wildman–Crippen LogP) is 1.82. The molecule has 2 N–H and O–H groups in total. The summed E-state index contributed by atoms with van der Waals surface area (Å²) >= 11 is 1.93. The fraction of sp³-hybridized carbons (Fsp3) is 1.00. The van der Waals surface area contributed by atoms with Crippen LogP contribution in [0.4, 0.5) is 4.39 Å². The van der Waals surface area contributed by atoms with Gasteiger partial charge in [-0.2, -0.15) is 11.8 Å². The molecule has 0 radical (unpaired) electrons. The summed E-state index contributed by atoms with van der Waals surface area (Å²) in [5.74, 6) is 2.23. The average Bonchev–Trinajstić information content (AvgIpc) is 2.07. The van der Waals surface area contributed by atoms with Crippen LogP contribution in [0.5, 0.6) is 0 Å². The van der Waals surface area contributed by atoms with E-state index in [2.05, 4.69) is 0 Å². The van der Waals surface area contributed by atoms with Crippen molar-refractivity contribution in [1.82, 2.24) is 0 Å². The molecule has 66 valence electrons. The molecule has 0 amide bonds. The van der Waals surface area contributed by atoms with Crippen LogP contribution in [0.15, 0.2) is 0 Å². The molecule has 1 nitrogen and oxygen atoms in total. The normalized spacial score (nSPS) is 23.5. The summed E-state index contributed by atoms with van der Waals surface area (Å²) in [7, 11) is 0. The maximum Gasteiger partial charge on any atom is 0.0951 e. The van der Waals surface area contributed by atoms with Crippen LogP contribution < -0.4 is 5.73 Å². The molecule has 0 atom stereocenters. The molecule has 0 aliphatic carbocycles. The molecule has 0 unspecified atom stereocenters. The Morgan fingerprint density at radius 2 is 2.00 bits per heavy atom. The number of rotatable bonds is 3. The van der Waals surface area contributed by atoms with Gasteiger partial charge in [-0.1, -0.05) is 0 Å². The molecule has 0 spiro atoms. The van der Waals surface area contributed by atoms with Gasteiger partial charge in [-0.25, -0.2) is 0 Å². The molecular formula is C8H16FNS. The molecule has 0 saturated carbocycles. The molecule has 0 aromatic heterocycles. The van der Waals surface area contributed by atoms with Gasteiger partial charge in [0.15, 0.2) is 0 Å². The standard InChI is InChI=1S/C8H16FNS/c9-7-8(1-4-10)2-5-11-6-3-8/h1-7,10H2. The quantitative estimate of drug-likeness (QED) is 0.711. The molecule has 1 fully saturated rings. The second kappa shape index (κ2) is 4.31. The minimum absolute atomic E-state index is 0.0417. The number of hydrogen-bond acceptors (Lipinski definition) is 2. The highest BCUT2D eigenvalue weighted by Crippen LogP contribution is 2.37. The Balaban J connectivity index is 2.42. The van der Waals surface area contributed by atoms with E-state index in [9.17, 15) is 4.39 Å². The van der Waals surface area contributed by atoms with Crippen molar-refractivity contribution < 1.29 is 4.39 Å². The van der Waals surface area contributed by atoms with Crippen molar-refractivity contribution in [2.24, 2.45) is 11.1 Å². The van der Waals surface area contributed by atoms with Crippen LogP contribution in [0, 0.1) is 5.41 Å². The second-order valence-electron chi connectivity index (χ2n) is 3.28. The summed E-state index contributed by atoms with van der Waals surface area (Å²) in [6.07, 6.45) is 2.90. The predicted molar refractivity (Wildman–Crippen MR) is 48.6 cm³/mol. The first-order valence-corrected chi connectivity index (χ1v) is 5.32. The van der Waals surface area contributed by atoms with Crippen LogP contribution in [0.2, 0.25) is 0 Å². The molecule has 1 aliphatic rings. The van der Waals surface area contributed by atoms with Gasteiger partial charge in [-0.3, -0.25) is 4.39 Å². The van der Waals surface area contributed by atoms with Gasteiger partial charge in [0.05, 0.1) is 6.67 Å². The first-order valence-electron chi connectivity index (χ1n) is 4.17. The Morgan fingerprint density at radius 3 is 2.45 bits per heavy atom. The van der Waals surface area contributed by atoms with Crippen molar-refractivity contribution in [3.8, 4) is 0 Å². The highest BCUT2D eigenvalue weighted by atomic mass is 32.2. The molecule has 0 bridgehead atoms. The summed E-state index contributed by atoms with van der Waals surface area (Å²) in [4.78, 5) is 0. The van der Waals surface area contributed by atoms with Crippen LogP contribution >= 0.6 is 11.8 Å². The van der Waals surface area contributed by atoms with Crippen LogP contribution in [0.1, 0.15) is 19.3 Å². The Labute approximate surface area is 71.9 Å². The number of hydrogen-bond donors (Lipinski definition) is 1. The van der Waals surface area contributed by atoms with Crippen LogP contribution in [0.25, 0.3) is 0 Å². The highest BCUT2D eigenvalue weighted by Gasteiger charge is 2.31. The van der Waals surface area contributed by atoms with E-state index in [0.29, 0.717) is 6.54 Å². The number of halogens is 1. The summed E-state index contributed by atoms with van der Waals surface area (Å²) in [5.41, 5.74) is 5.40. The Morgan fingerprint density at radius 1 is 1.36 bits per heavy atom. The Bertz CT molecular complexity index is 107. The van der Waals surface area contributed by atoms with Gasteiger partial charge in [0.1, 0.15) is 0 Å². The van der Waals surface area contributed by atoms with Crippen molar-refractivity contribution in [3.05, 3.63) is 0 Å². The molecule has 1 heterocycles. The van der Waals surface area contributed by atoms with Crippen molar-refractivity contribution in [2.75, 3.05) is 24.7 Å². The van der Waals surface area contributed by atoms with E-state index in [0.717, 1.165) is 30.8 Å². The van der Waals surface area contributed by atoms with Gasteiger partial charge in [-0.05, 0) is 37.3 Å². The minimum Gasteiger partial charge on any atom is -0.330 e. The van der Waals surface area contributed by atoms with Gasteiger partial charge in [0, 0.05) is 5.41 Å². The Hall–Kier alpha value is 0.240. The highest BCUT2D eigenvalue weighted by molar-refractivity contribution is 7.99. The molecule has 0 aromatic rings.